The molecule has 0 unspecified atom stereocenters. The topological polar surface area (TPSA) is 138 Å². The summed E-state index contributed by atoms with van der Waals surface area (Å²) in [4.78, 5) is 17.2. The smallest absolute Gasteiger partial charge is 0.154 e. The molecule has 0 aromatic rings. The van der Waals surface area contributed by atoms with E-state index in [-0.39, 0.29) is 22.4 Å². The van der Waals surface area contributed by atoms with E-state index in [1.54, 1.807) is 0 Å². The van der Waals surface area contributed by atoms with Crippen LogP contribution in [-0.4, -0.2) is 10.1 Å². The van der Waals surface area contributed by atoms with Crippen molar-refractivity contribution >= 4 is 0 Å². The van der Waals surface area contributed by atoms with Crippen LogP contribution >= 0.6 is 0 Å². The molecule has 1 radical (unpaired) electrons. The van der Waals surface area contributed by atoms with Gasteiger partial charge in [-0.2, -0.15) is 11.7 Å². The van der Waals surface area contributed by atoms with Crippen molar-refractivity contribution in [2.75, 3.05) is 0 Å². The maximum Gasteiger partial charge on any atom is 0.154 e. The number of hydrazine groups is 2. The third-order valence-electron chi connectivity index (χ3n) is 0. The molecule has 0 aliphatic carbocycles. The van der Waals surface area contributed by atoms with Gasteiger partial charge in [0, 0.05) is 22.4 Å². The van der Waals surface area contributed by atoms with E-state index >= 15 is 0 Å². The first-order valence-corrected chi connectivity index (χ1v) is 1.25. The van der Waals surface area contributed by atoms with Gasteiger partial charge in [-0.3, -0.25) is 0 Å². The summed E-state index contributed by atoms with van der Waals surface area (Å²) in [5, 5.41) is 15.2. The predicted molar refractivity (Wildman–Crippen MR) is 22.4 cm³/mol. The zero-order valence-electron chi connectivity index (χ0n) is 3.98. The molecular formula is H4AgN4O4. The summed E-state index contributed by atoms with van der Waals surface area (Å²) in [6.07, 6.45) is 0. The number of rotatable bonds is 0. The summed E-state index contributed by atoms with van der Waals surface area (Å²) >= 11 is 0. The van der Waals surface area contributed by atoms with Crippen LogP contribution in [0, 0.1) is 20.2 Å². The Hall–Kier alpha value is -0.860. The first-order chi connectivity index (χ1) is 3.46. The molecule has 8 nitrogen and oxygen atoms in total. The number of nitrogens with two attached hydrogens (primary N) is 2. The molecule has 0 aromatic carbocycles. The average Bonchev–Trinajstić information content (AvgIpc) is 1.25. The summed E-state index contributed by atoms with van der Waals surface area (Å²) < 4.78 is 0. The van der Waals surface area contributed by atoms with E-state index in [1.165, 1.54) is 0 Å². The first kappa shape index (κ1) is 15.7. The van der Waals surface area contributed by atoms with Crippen molar-refractivity contribution in [3.8, 4) is 0 Å². The van der Waals surface area contributed by atoms with E-state index in [2.05, 4.69) is 11.7 Å². The molecule has 0 aliphatic rings. The normalized spacial score (nSPS) is 5.33. The van der Waals surface area contributed by atoms with Gasteiger partial charge in [0.1, 0.15) is 0 Å². The average molecular weight is 232 g/mol. The first-order valence-electron chi connectivity index (χ1n) is 1.25. The van der Waals surface area contributed by atoms with Crippen molar-refractivity contribution in [2.24, 2.45) is 11.7 Å². The fourth-order valence-electron chi connectivity index (χ4n) is 0. The van der Waals surface area contributed by atoms with Crippen LogP contribution in [-0.2, 0) is 22.4 Å². The standard InChI is InChI=1S/Ag.2H2N2O2/c;2*1-2(3)4/h;2*1H2. The van der Waals surface area contributed by atoms with Crippen LogP contribution in [0.15, 0.2) is 0 Å². The monoisotopic (exact) mass is 231 g/mol. The van der Waals surface area contributed by atoms with Crippen molar-refractivity contribution in [2.45, 2.75) is 0 Å². The van der Waals surface area contributed by atoms with E-state index in [1.807, 2.05) is 0 Å². The fourth-order valence-corrected chi connectivity index (χ4v) is 0. The van der Waals surface area contributed by atoms with Gasteiger partial charge in [0.15, 0.2) is 10.1 Å². The Morgan fingerprint density at radius 1 is 1.00 bits per heavy atom. The molecule has 0 aliphatic heterocycles. The summed E-state index contributed by atoms with van der Waals surface area (Å²) in [5.74, 6) is 7.67. The third kappa shape index (κ3) is 255. The molecule has 0 rings (SSSR count). The molecule has 0 saturated carbocycles. The fraction of sp³-hybridized carbons (Fsp3) is 0. The van der Waals surface area contributed by atoms with Gasteiger partial charge in [-0.05, 0) is 0 Å². The van der Waals surface area contributed by atoms with Crippen LogP contribution in [0.3, 0.4) is 0 Å². The van der Waals surface area contributed by atoms with Gasteiger partial charge in [0.05, 0.1) is 0 Å². The van der Waals surface area contributed by atoms with E-state index in [0.29, 0.717) is 0 Å². The Labute approximate surface area is 64.9 Å². The second-order valence-electron chi connectivity index (χ2n) is 0.571. The minimum absolute atomic E-state index is 0. The number of hydrogen-bond donors (Lipinski definition) is 2. The Morgan fingerprint density at radius 2 is 1.00 bits per heavy atom. The van der Waals surface area contributed by atoms with E-state index < -0.39 is 10.1 Å². The molecular weight excluding hydrogens is 228 g/mol. The minimum atomic E-state index is -1.00. The molecule has 59 valence electrons. The molecule has 4 N–H and O–H groups in total. The molecule has 0 heterocycles. The van der Waals surface area contributed by atoms with Gasteiger partial charge in [-0.25, -0.2) is 20.2 Å². The van der Waals surface area contributed by atoms with Gasteiger partial charge < -0.3 is 0 Å². The molecule has 0 spiro atoms. The van der Waals surface area contributed by atoms with Crippen LogP contribution in [0.2, 0.25) is 0 Å². The third-order valence-corrected chi connectivity index (χ3v) is 0. The van der Waals surface area contributed by atoms with Crippen LogP contribution in [0.25, 0.3) is 0 Å². The molecule has 0 bridgehead atoms. The van der Waals surface area contributed by atoms with Gasteiger partial charge in [-0.1, -0.05) is 0 Å². The molecule has 0 saturated heterocycles. The quantitative estimate of drug-likeness (QED) is 0.220. The largest absolute Gasteiger partial charge is 0.235 e. The van der Waals surface area contributed by atoms with E-state index in [9.17, 15) is 0 Å². The van der Waals surface area contributed by atoms with Gasteiger partial charge >= 0.3 is 0 Å². The molecule has 0 fully saturated rings. The number of nitrogens with zero attached hydrogens (tertiary/aromatic N) is 2. The SMILES string of the molecule is N[N+](=O)[O-].N[N+](=O)[O-].[Ag]. The second-order valence-corrected chi connectivity index (χ2v) is 0.571. The van der Waals surface area contributed by atoms with Crippen molar-refractivity contribution in [1.82, 2.24) is 0 Å². The molecule has 9 heavy (non-hydrogen) atoms. The van der Waals surface area contributed by atoms with Crippen LogP contribution in [0.1, 0.15) is 0 Å². The molecule has 0 amide bonds. The Morgan fingerprint density at radius 3 is 1.00 bits per heavy atom. The Bertz CT molecular complexity index is 70.6. The van der Waals surface area contributed by atoms with Crippen molar-refractivity contribution in [3.63, 3.8) is 0 Å². The van der Waals surface area contributed by atoms with Crippen molar-refractivity contribution < 1.29 is 32.4 Å². The minimum Gasteiger partial charge on any atom is -0.235 e. The van der Waals surface area contributed by atoms with E-state index in [0.717, 1.165) is 0 Å². The number of nitro groups is 2. The van der Waals surface area contributed by atoms with Crippen LogP contribution in [0.4, 0.5) is 0 Å². The summed E-state index contributed by atoms with van der Waals surface area (Å²) in [6.45, 7) is 0. The maximum atomic E-state index is 8.58. The maximum absolute atomic E-state index is 8.58. The zero-order valence-corrected chi connectivity index (χ0v) is 5.47. The van der Waals surface area contributed by atoms with Gasteiger partial charge in [-0.15, -0.1) is 0 Å². The summed E-state index contributed by atoms with van der Waals surface area (Å²) in [7, 11) is 0. The van der Waals surface area contributed by atoms with Gasteiger partial charge in [0.25, 0.3) is 0 Å². The number of hydrogen-bond acceptors (Lipinski definition) is 4. The van der Waals surface area contributed by atoms with Crippen molar-refractivity contribution in [3.05, 3.63) is 20.2 Å². The molecule has 9 heteroatoms. The summed E-state index contributed by atoms with van der Waals surface area (Å²) in [5.41, 5.74) is 0. The van der Waals surface area contributed by atoms with Crippen LogP contribution < -0.4 is 11.7 Å². The van der Waals surface area contributed by atoms with Gasteiger partial charge in [0.2, 0.25) is 0 Å². The summed E-state index contributed by atoms with van der Waals surface area (Å²) in [6, 6.07) is 0. The zero-order chi connectivity index (χ0) is 7.15. The molecule has 0 aromatic heterocycles. The van der Waals surface area contributed by atoms with Crippen LogP contribution in [0.5, 0.6) is 0 Å². The molecule has 0 atom stereocenters. The van der Waals surface area contributed by atoms with Crippen molar-refractivity contribution in [1.29, 1.82) is 0 Å². The predicted octanol–water partition coefficient (Wildman–Crippen LogP) is -1.73. The van der Waals surface area contributed by atoms with E-state index in [4.69, 9.17) is 20.2 Å². The second kappa shape index (κ2) is 10.2. The Balaban J connectivity index is -0.0000000720. The Kier molecular flexibility index (Phi) is 17.8.